The molecule has 0 saturated carbocycles. The number of rotatable bonds is 0. The van der Waals surface area contributed by atoms with E-state index in [1.54, 1.807) is 0 Å². The molecule has 2 aromatic carbocycles. The first-order valence-electron chi connectivity index (χ1n) is 6.24. The van der Waals surface area contributed by atoms with Crippen molar-refractivity contribution in [1.82, 2.24) is 0 Å². The molecule has 1 heteroatoms. The van der Waals surface area contributed by atoms with Crippen molar-refractivity contribution in [3.8, 4) is 0 Å². The summed E-state index contributed by atoms with van der Waals surface area (Å²) in [6.45, 7) is 6.39. The molecule has 3 rings (SSSR count). The fourth-order valence-corrected chi connectivity index (χ4v) is 3.47. The molecule has 0 unspecified atom stereocenters. The van der Waals surface area contributed by atoms with Crippen molar-refractivity contribution >= 4 is 11.8 Å². The predicted molar refractivity (Wildman–Crippen MR) is 78.3 cm³/mol. The van der Waals surface area contributed by atoms with Crippen LogP contribution in [0.25, 0.3) is 0 Å². The highest BCUT2D eigenvalue weighted by Gasteiger charge is 2.13. The van der Waals surface area contributed by atoms with Crippen LogP contribution >= 0.6 is 11.8 Å². The number of hydrogen-bond donors (Lipinski definition) is 0. The fraction of sp³-hybridized carbons (Fsp3) is 0.176. The molecule has 0 amide bonds. The lowest BCUT2D eigenvalue weighted by atomic mass is 9.98. The highest BCUT2D eigenvalue weighted by Crippen LogP contribution is 2.37. The second kappa shape index (κ2) is 4.66. The van der Waals surface area contributed by atoms with Gasteiger partial charge in [-0.2, -0.15) is 0 Å². The molecular formula is C17H16S. The molecule has 0 spiro atoms. The lowest BCUT2D eigenvalue weighted by Crippen LogP contribution is -2.01. The van der Waals surface area contributed by atoms with Crippen molar-refractivity contribution < 1.29 is 0 Å². The SMILES string of the molecule is C=C1Cc2ccccc2Sc2ccc(C)cc2C1. The molecular weight excluding hydrogens is 236 g/mol. The van der Waals surface area contributed by atoms with Crippen molar-refractivity contribution in [3.63, 3.8) is 0 Å². The summed E-state index contributed by atoms with van der Waals surface area (Å²) in [5.74, 6) is 0. The van der Waals surface area contributed by atoms with E-state index in [0.717, 1.165) is 12.8 Å². The third-order valence-electron chi connectivity index (χ3n) is 3.29. The van der Waals surface area contributed by atoms with E-state index in [4.69, 9.17) is 0 Å². The third-order valence-corrected chi connectivity index (χ3v) is 4.53. The number of hydrogen-bond acceptors (Lipinski definition) is 1. The molecule has 18 heavy (non-hydrogen) atoms. The minimum Gasteiger partial charge on any atom is -0.0992 e. The Balaban J connectivity index is 2.12. The molecule has 0 saturated heterocycles. The van der Waals surface area contributed by atoms with Gasteiger partial charge in [-0.3, -0.25) is 0 Å². The van der Waals surface area contributed by atoms with Gasteiger partial charge in [-0.05, 0) is 43.0 Å². The quantitative estimate of drug-likeness (QED) is 0.607. The van der Waals surface area contributed by atoms with Crippen LogP contribution in [0.3, 0.4) is 0 Å². The molecule has 0 atom stereocenters. The van der Waals surface area contributed by atoms with Crippen molar-refractivity contribution in [2.75, 3.05) is 0 Å². The van der Waals surface area contributed by atoms with Crippen LogP contribution in [0, 0.1) is 6.92 Å². The van der Waals surface area contributed by atoms with Gasteiger partial charge in [0.15, 0.2) is 0 Å². The van der Waals surface area contributed by atoms with E-state index in [1.807, 2.05) is 11.8 Å². The van der Waals surface area contributed by atoms with E-state index in [2.05, 4.69) is 56.0 Å². The van der Waals surface area contributed by atoms with Gasteiger partial charge < -0.3 is 0 Å². The number of fused-ring (bicyclic) bond motifs is 2. The van der Waals surface area contributed by atoms with E-state index in [0.29, 0.717) is 0 Å². The van der Waals surface area contributed by atoms with Gasteiger partial charge in [0.05, 0.1) is 0 Å². The Kier molecular flexibility index (Phi) is 3.00. The minimum atomic E-state index is 0.997. The van der Waals surface area contributed by atoms with Crippen LogP contribution in [-0.4, -0.2) is 0 Å². The highest BCUT2D eigenvalue weighted by atomic mass is 32.2. The maximum Gasteiger partial charge on any atom is 0.0157 e. The Morgan fingerprint density at radius 1 is 0.944 bits per heavy atom. The first-order valence-corrected chi connectivity index (χ1v) is 7.06. The van der Waals surface area contributed by atoms with Crippen LogP contribution in [0.2, 0.25) is 0 Å². The Morgan fingerprint density at radius 3 is 2.56 bits per heavy atom. The Hall–Kier alpha value is -1.47. The van der Waals surface area contributed by atoms with Crippen molar-refractivity contribution in [3.05, 3.63) is 71.3 Å². The third kappa shape index (κ3) is 2.23. The monoisotopic (exact) mass is 252 g/mol. The van der Waals surface area contributed by atoms with Gasteiger partial charge in [0, 0.05) is 9.79 Å². The topological polar surface area (TPSA) is 0 Å². The van der Waals surface area contributed by atoms with E-state index in [1.165, 1.54) is 32.1 Å². The van der Waals surface area contributed by atoms with Crippen LogP contribution in [0.15, 0.2) is 64.4 Å². The first-order chi connectivity index (χ1) is 8.72. The standard InChI is InChI=1S/C17H16S/c1-12-7-8-17-15(9-12)11-13(2)10-14-5-3-4-6-16(14)18-17/h3-9H,2,10-11H2,1H3. The molecule has 0 nitrogen and oxygen atoms in total. The zero-order valence-corrected chi connectivity index (χ0v) is 11.4. The summed E-state index contributed by atoms with van der Waals surface area (Å²) >= 11 is 1.89. The molecule has 1 aliphatic rings. The molecule has 1 aliphatic heterocycles. The van der Waals surface area contributed by atoms with Crippen molar-refractivity contribution in [1.29, 1.82) is 0 Å². The van der Waals surface area contributed by atoms with E-state index in [-0.39, 0.29) is 0 Å². The number of allylic oxidation sites excluding steroid dienone is 1. The van der Waals surface area contributed by atoms with Gasteiger partial charge in [-0.1, -0.05) is 59.8 Å². The summed E-state index contributed by atoms with van der Waals surface area (Å²) in [5, 5.41) is 0. The zero-order valence-electron chi connectivity index (χ0n) is 10.6. The Bertz CT molecular complexity index is 611. The van der Waals surface area contributed by atoms with Gasteiger partial charge in [0.25, 0.3) is 0 Å². The molecule has 1 heterocycles. The van der Waals surface area contributed by atoms with Gasteiger partial charge in [-0.15, -0.1) is 0 Å². The van der Waals surface area contributed by atoms with Crippen LogP contribution < -0.4 is 0 Å². The van der Waals surface area contributed by atoms with Crippen LogP contribution in [0.1, 0.15) is 16.7 Å². The second-order valence-corrected chi connectivity index (χ2v) is 6.01. The van der Waals surface area contributed by atoms with Crippen molar-refractivity contribution in [2.24, 2.45) is 0 Å². The molecule has 0 bridgehead atoms. The van der Waals surface area contributed by atoms with Gasteiger partial charge in [0.1, 0.15) is 0 Å². The summed E-state index contributed by atoms with van der Waals surface area (Å²) in [7, 11) is 0. The summed E-state index contributed by atoms with van der Waals surface area (Å²) in [5.41, 5.74) is 5.45. The minimum absolute atomic E-state index is 0.997. The van der Waals surface area contributed by atoms with E-state index in [9.17, 15) is 0 Å². The Morgan fingerprint density at radius 2 is 1.67 bits per heavy atom. The zero-order chi connectivity index (χ0) is 12.5. The molecule has 0 fully saturated rings. The maximum absolute atomic E-state index is 4.23. The Labute approximate surface area is 113 Å². The van der Waals surface area contributed by atoms with Crippen LogP contribution in [0.5, 0.6) is 0 Å². The first kappa shape index (κ1) is 11.6. The number of benzene rings is 2. The van der Waals surface area contributed by atoms with Crippen LogP contribution in [0.4, 0.5) is 0 Å². The van der Waals surface area contributed by atoms with Gasteiger partial charge in [-0.25, -0.2) is 0 Å². The molecule has 0 aromatic heterocycles. The smallest absolute Gasteiger partial charge is 0.0157 e. The summed E-state index contributed by atoms with van der Waals surface area (Å²) < 4.78 is 0. The lowest BCUT2D eigenvalue weighted by molar-refractivity contribution is 0.981. The fourth-order valence-electron chi connectivity index (χ4n) is 2.42. The summed E-state index contributed by atoms with van der Waals surface area (Å²) in [6, 6.07) is 15.4. The molecule has 0 N–H and O–H groups in total. The van der Waals surface area contributed by atoms with E-state index < -0.39 is 0 Å². The normalized spacial score (nSPS) is 14.4. The van der Waals surface area contributed by atoms with Gasteiger partial charge in [0.2, 0.25) is 0 Å². The van der Waals surface area contributed by atoms with Crippen molar-refractivity contribution in [2.45, 2.75) is 29.6 Å². The number of aryl methyl sites for hydroxylation is 1. The average Bonchev–Trinajstić information content (AvgIpc) is 2.32. The average molecular weight is 252 g/mol. The van der Waals surface area contributed by atoms with E-state index >= 15 is 0 Å². The largest absolute Gasteiger partial charge is 0.0992 e. The molecule has 2 aromatic rings. The maximum atomic E-state index is 4.23. The highest BCUT2D eigenvalue weighted by molar-refractivity contribution is 7.99. The molecule has 90 valence electrons. The second-order valence-electron chi connectivity index (χ2n) is 4.92. The molecule has 0 radical (unpaired) electrons. The molecule has 0 aliphatic carbocycles. The predicted octanol–water partition coefficient (Wildman–Crippen LogP) is 4.80. The lowest BCUT2D eigenvalue weighted by Gasteiger charge is -2.18. The summed E-state index contributed by atoms with van der Waals surface area (Å²) in [6.07, 6.45) is 1.99. The van der Waals surface area contributed by atoms with Crippen LogP contribution in [-0.2, 0) is 12.8 Å². The summed E-state index contributed by atoms with van der Waals surface area (Å²) in [4.78, 5) is 2.73. The van der Waals surface area contributed by atoms with Gasteiger partial charge >= 0.3 is 0 Å².